The van der Waals surface area contributed by atoms with Crippen molar-refractivity contribution in [2.75, 3.05) is 25.2 Å². The SMILES string of the molecule is COc1cc(/C=C/C(=O)OCCc2ccc(N)cc2N)ccc1OC(=O)c1ccc(OC(F)(F)C(F)F)cc1. The number of carbonyl (C=O) groups excluding carboxylic acids is 2. The minimum absolute atomic E-state index is 0.0351. The van der Waals surface area contributed by atoms with Crippen molar-refractivity contribution in [1.82, 2.24) is 0 Å². The third kappa shape index (κ3) is 8.12. The second kappa shape index (κ2) is 12.7. The highest BCUT2D eigenvalue weighted by atomic mass is 19.3. The van der Waals surface area contributed by atoms with E-state index in [1.54, 1.807) is 24.3 Å². The molecule has 0 aromatic heterocycles. The molecule has 0 heterocycles. The molecule has 8 nitrogen and oxygen atoms in total. The molecular weight excluding hydrogens is 524 g/mol. The van der Waals surface area contributed by atoms with Gasteiger partial charge in [-0.05, 0) is 65.7 Å². The van der Waals surface area contributed by atoms with E-state index in [0.29, 0.717) is 23.4 Å². The Morgan fingerprint density at radius 1 is 0.974 bits per heavy atom. The van der Waals surface area contributed by atoms with E-state index in [2.05, 4.69) is 4.74 Å². The molecule has 0 saturated carbocycles. The Morgan fingerprint density at radius 2 is 1.69 bits per heavy atom. The molecule has 0 saturated heterocycles. The van der Waals surface area contributed by atoms with Crippen LogP contribution in [-0.2, 0) is 16.0 Å². The van der Waals surface area contributed by atoms with Gasteiger partial charge in [-0.1, -0.05) is 12.1 Å². The molecule has 0 spiro atoms. The van der Waals surface area contributed by atoms with E-state index in [9.17, 15) is 27.2 Å². The van der Waals surface area contributed by atoms with Crippen LogP contribution < -0.4 is 25.7 Å². The third-order valence-electron chi connectivity index (χ3n) is 5.19. The van der Waals surface area contributed by atoms with Crippen molar-refractivity contribution in [2.24, 2.45) is 0 Å². The minimum atomic E-state index is -4.67. The van der Waals surface area contributed by atoms with Crippen molar-refractivity contribution in [3.63, 3.8) is 0 Å². The summed E-state index contributed by atoms with van der Waals surface area (Å²) in [6.45, 7) is 0.108. The number of rotatable bonds is 11. The number of benzene rings is 3. The number of alkyl halides is 4. The predicted octanol–water partition coefficient (Wildman–Crippen LogP) is 5.11. The molecule has 0 aliphatic rings. The van der Waals surface area contributed by atoms with E-state index < -0.39 is 30.2 Å². The van der Waals surface area contributed by atoms with Crippen LogP contribution in [0.2, 0.25) is 0 Å². The molecule has 0 bridgehead atoms. The Hall–Kier alpha value is -4.74. The highest BCUT2D eigenvalue weighted by Crippen LogP contribution is 2.30. The van der Waals surface area contributed by atoms with Crippen LogP contribution in [0.4, 0.5) is 28.9 Å². The van der Waals surface area contributed by atoms with Gasteiger partial charge in [0.1, 0.15) is 5.75 Å². The standard InChI is InChI=1S/C27H24F4N2O6/c1-36-23-14-16(3-11-24(34)37-13-12-17-4-7-19(32)15-21(17)33)2-10-22(23)38-25(35)18-5-8-20(9-6-18)39-27(30,31)26(28)29/h2-11,14-15,26H,12-13,32-33H2,1H3/b11-3+. The van der Waals surface area contributed by atoms with Gasteiger partial charge in [-0.2, -0.15) is 17.6 Å². The Balaban J connectivity index is 1.57. The number of anilines is 2. The number of carbonyl (C=O) groups is 2. The maximum atomic E-state index is 13.0. The molecule has 3 aromatic rings. The van der Waals surface area contributed by atoms with Crippen molar-refractivity contribution in [1.29, 1.82) is 0 Å². The summed E-state index contributed by atoms with van der Waals surface area (Å²) in [5.41, 5.74) is 13.9. The zero-order valence-electron chi connectivity index (χ0n) is 20.5. The number of esters is 2. The van der Waals surface area contributed by atoms with E-state index in [-0.39, 0.29) is 23.7 Å². The van der Waals surface area contributed by atoms with Crippen LogP contribution >= 0.6 is 0 Å². The Morgan fingerprint density at radius 3 is 2.33 bits per heavy atom. The second-order valence-electron chi connectivity index (χ2n) is 8.00. The molecular formula is C27H24F4N2O6. The second-order valence-corrected chi connectivity index (χ2v) is 8.00. The Kier molecular flexibility index (Phi) is 9.37. The summed E-state index contributed by atoms with van der Waals surface area (Å²) in [5.74, 6) is -1.81. The van der Waals surface area contributed by atoms with E-state index >= 15 is 0 Å². The molecule has 0 unspecified atom stereocenters. The maximum absolute atomic E-state index is 13.0. The average Bonchev–Trinajstić information content (AvgIpc) is 2.89. The van der Waals surface area contributed by atoms with Gasteiger partial charge >= 0.3 is 24.5 Å². The monoisotopic (exact) mass is 548 g/mol. The van der Waals surface area contributed by atoms with Gasteiger partial charge in [-0.15, -0.1) is 0 Å². The lowest BCUT2D eigenvalue weighted by Gasteiger charge is -2.16. The lowest BCUT2D eigenvalue weighted by Crippen LogP contribution is -2.33. The number of nitrogens with two attached hydrogens (primary N) is 2. The lowest BCUT2D eigenvalue weighted by atomic mass is 10.1. The zero-order chi connectivity index (χ0) is 28.6. The number of ether oxygens (including phenoxy) is 4. The van der Waals surface area contributed by atoms with Crippen LogP contribution in [0.5, 0.6) is 17.2 Å². The Bertz CT molecular complexity index is 1350. The van der Waals surface area contributed by atoms with Gasteiger partial charge in [-0.25, -0.2) is 9.59 Å². The molecule has 206 valence electrons. The first-order valence-electron chi connectivity index (χ1n) is 11.3. The summed E-state index contributed by atoms with van der Waals surface area (Å²) in [7, 11) is 1.34. The summed E-state index contributed by atoms with van der Waals surface area (Å²) < 4.78 is 70.2. The lowest BCUT2D eigenvalue weighted by molar-refractivity contribution is -0.253. The van der Waals surface area contributed by atoms with E-state index in [0.717, 1.165) is 29.8 Å². The zero-order valence-corrected chi connectivity index (χ0v) is 20.5. The average molecular weight is 548 g/mol. The molecule has 3 aromatic carbocycles. The van der Waals surface area contributed by atoms with E-state index in [1.807, 2.05) is 0 Å². The molecule has 3 rings (SSSR count). The van der Waals surface area contributed by atoms with Crippen molar-refractivity contribution in [2.45, 2.75) is 19.0 Å². The van der Waals surface area contributed by atoms with Crippen LogP contribution in [0.3, 0.4) is 0 Å². The minimum Gasteiger partial charge on any atom is -0.493 e. The molecule has 0 aliphatic carbocycles. The summed E-state index contributed by atoms with van der Waals surface area (Å²) in [4.78, 5) is 24.5. The number of methoxy groups -OCH3 is 1. The summed E-state index contributed by atoms with van der Waals surface area (Å²) in [5, 5.41) is 0. The normalized spacial score (nSPS) is 11.4. The molecule has 39 heavy (non-hydrogen) atoms. The highest BCUT2D eigenvalue weighted by molar-refractivity contribution is 5.91. The molecule has 12 heteroatoms. The first kappa shape index (κ1) is 28.8. The van der Waals surface area contributed by atoms with Gasteiger partial charge in [0, 0.05) is 23.9 Å². The summed E-state index contributed by atoms with van der Waals surface area (Å²) in [6, 6.07) is 13.6. The van der Waals surface area contributed by atoms with Gasteiger partial charge in [-0.3, -0.25) is 0 Å². The summed E-state index contributed by atoms with van der Waals surface area (Å²) >= 11 is 0. The van der Waals surface area contributed by atoms with Crippen molar-refractivity contribution >= 4 is 29.4 Å². The molecule has 0 aliphatic heterocycles. The van der Waals surface area contributed by atoms with Crippen molar-refractivity contribution < 1.29 is 46.1 Å². The van der Waals surface area contributed by atoms with Crippen LogP contribution in [0, 0.1) is 0 Å². The molecule has 4 N–H and O–H groups in total. The first-order valence-corrected chi connectivity index (χ1v) is 11.3. The van der Waals surface area contributed by atoms with Crippen LogP contribution in [0.1, 0.15) is 21.5 Å². The van der Waals surface area contributed by atoms with Crippen molar-refractivity contribution in [3.8, 4) is 17.2 Å². The van der Waals surface area contributed by atoms with Gasteiger partial charge in [0.25, 0.3) is 0 Å². The van der Waals surface area contributed by atoms with Gasteiger partial charge in [0.2, 0.25) is 0 Å². The molecule has 0 fully saturated rings. The van der Waals surface area contributed by atoms with Crippen LogP contribution in [-0.4, -0.2) is 38.2 Å². The van der Waals surface area contributed by atoms with Gasteiger partial charge in [0.05, 0.1) is 19.3 Å². The largest absolute Gasteiger partial charge is 0.493 e. The van der Waals surface area contributed by atoms with Gasteiger partial charge < -0.3 is 30.4 Å². The predicted molar refractivity (Wildman–Crippen MR) is 135 cm³/mol. The fourth-order valence-corrected chi connectivity index (χ4v) is 3.21. The van der Waals surface area contributed by atoms with Crippen LogP contribution in [0.25, 0.3) is 6.08 Å². The number of halogens is 4. The van der Waals surface area contributed by atoms with E-state index in [1.165, 1.54) is 31.4 Å². The van der Waals surface area contributed by atoms with E-state index in [4.69, 9.17) is 25.7 Å². The molecule has 0 radical (unpaired) electrons. The third-order valence-corrected chi connectivity index (χ3v) is 5.19. The first-order chi connectivity index (χ1) is 18.5. The maximum Gasteiger partial charge on any atom is 0.461 e. The number of hydrogen-bond donors (Lipinski definition) is 2. The number of nitrogen functional groups attached to an aromatic ring is 2. The molecule has 0 atom stereocenters. The fourth-order valence-electron chi connectivity index (χ4n) is 3.21. The smallest absolute Gasteiger partial charge is 0.461 e. The highest BCUT2D eigenvalue weighted by Gasteiger charge is 2.43. The topological polar surface area (TPSA) is 123 Å². The van der Waals surface area contributed by atoms with Crippen molar-refractivity contribution in [3.05, 3.63) is 83.4 Å². The quantitative estimate of drug-likeness (QED) is 0.111. The Labute approximate surface area is 220 Å². The molecule has 0 amide bonds. The number of hydrogen-bond acceptors (Lipinski definition) is 8. The summed E-state index contributed by atoms with van der Waals surface area (Å²) in [6.07, 6.45) is -5.58. The van der Waals surface area contributed by atoms with Crippen LogP contribution in [0.15, 0.2) is 66.7 Å². The fraction of sp³-hybridized carbons (Fsp3) is 0.185. The van der Waals surface area contributed by atoms with Gasteiger partial charge in [0.15, 0.2) is 11.5 Å².